The lowest BCUT2D eigenvalue weighted by Gasteiger charge is -2.06. The topological polar surface area (TPSA) is 33.4 Å². The van der Waals surface area contributed by atoms with E-state index < -0.39 is 0 Å². The van der Waals surface area contributed by atoms with Crippen LogP contribution in [0.1, 0.15) is 0 Å². The van der Waals surface area contributed by atoms with Gasteiger partial charge in [0.15, 0.2) is 0 Å². The molecule has 1 N–H and O–H groups in total. The Hall–Kier alpha value is -3.28. The number of hydrogen-bond donors (Lipinski definition) is 1. The van der Waals surface area contributed by atoms with Gasteiger partial charge in [-0.15, -0.1) is 6.42 Å². The van der Waals surface area contributed by atoms with E-state index in [1.165, 1.54) is 37.7 Å². The minimum Gasteiger partial charge on any atom is -0.464 e. The molecule has 0 aliphatic heterocycles. The Bertz CT molecular complexity index is 1240. The van der Waals surface area contributed by atoms with Gasteiger partial charge in [0.2, 0.25) is 0 Å². The molecule has 0 aliphatic rings. The van der Waals surface area contributed by atoms with Crippen LogP contribution >= 0.6 is 0 Å². The highest BCUT2D eigenvalue weighted by Gasteiger charge is 2.13. The molecule has 0 unspecified atom stereocenters. The summed E-state index contributed by atoms with van der Waals surface area (Å²) in [5, 5.41) is 16.5. The number of rotatable bonds is 0. The summed E-state index contributed by atoms with van der Waals surface area (Å²) in [6.07, 6.45) is 6.28. The standard InChI is InChI=1S/C20H12O.C3H4O/c1-2-7-14-13(6-1)12-18-17-10-5-11-21-20(17)16-9-4-3-8-15(16)19(14)18;1-2-3-4/h1-12H;1,4H,3H2. The third-order valence-electron chi connectivity index (χ3n) is 4.39. The summed E-state index contributed by atoms with van der Waals surface area (Å²) in [5.74, 6) is 1.99. The van der Waals surface area contributed by atoms with Crippen molar-refractivity contribution in [1.82, 2.24) is 0 Å². The van der Waals surface area contributed by atoms with E-state index in [1.54, 1.807) is 6.26 Å². The van der Waals surface area contributed by atoms with Gasteiger partial charge >= 0.3 is 0 Å². The number of hydrogen-bond acceptors (Lipinski definition) is 2. The van der Waals surface area contributed by atoms with Gasteiger partial charge in [-0.2, -0.15) is 0 Å². The minimum absolute atomic E-state index is 0.153. The van der Waals surface area contributed by atoms with Gasteiger partial charge in [0.25, 0.3) is 0 Å². The SMILES string of the molecule is C#CCO.c1ccc2c(c1)cc1c3cccoc3c3ccccc3c21. The van der Waals surface area contributed by atoms with Crippen LogP contribution in [0.4, 0.5) is 0 Å². The minimum atomic E-state index is -0.153. The van der Waals surface area contributed by atoms with Gasteiger partial charge in [-0.3, -0.25) is 0 Å². The Morgan fingerprint density at radius 1 is 0.800 bits per heavy atom. The fourth-order valence-corrected chi connectivity index (χ4v) is 3.43. The first-order valence-corrected chi connectivity index (χ1v) is 8.09. The largest absolute Gasteiger partial charge is 0.464 e. The Labute approximate surface area is 145 Å². The Kier molecular flexibility index (Phi) is 3.85. The number of aliphatic hydroxyl groups is 1. The molecule has 0 bridgehead atoms. The van der Waals surface area contributed by atoms with Crippen LogP contribution in [0.2, 0.25) is 0 Å². The summed E-state index contributed by atoms with van der Waals surface area (Å²) in [5.41, 5.74) is 0.968. The first kappa shape index (κ1) is 15.3. The van der Waals surface area contributed by atoms with Crippen molar-refractivity contribution in [2.24, 2.45) is 0 Å². The molecule has 120 valence electrons. The van der Waals surface area contributed by atoms with E-state index >= 15 is 0 Å². The average molecular weight is 324 g/mol. The van der Waals surface area contributed by atoms with Crippen molar-refractivity contribution in [3.8, 4) is 12.3 Å². The molecule has 5 rings (SSSR count). The molecule has 4 aromatic carbocycles. The molecular formula is C23H16O2. The summed E-state index contributed by atoms with van der Waals surface area (Å²) >= 11 is 0. The van der Waals surface area contributed by atoms with Crippen molar-refractivity contribution in [2.75, 3.05) is 6.61 Å². The summed E-state index contributed by atoms with van der Waals surface area (Å²) in [6.45, 7) is -0.153. The van der Waals surface area contributed by atoms with E-state index in [9.17, 15) is 0 Å². The highest BCUT2D eigenvalue weighted by molar-refractivity contribution is 6.32. The second-order valence-corrected chi connectivity index (χ2v) is 5.78. The molecule has 0 radical (unpaired) electrons. The molecule has 0 saturated carbocycles. The van der Waals surface area contributed by atoms with Gasteiger partial charge in [0.05, 0.1) is 6.26 Å². The molecule has 5 aromatic rings. The zero-order chi connectivity index (χ0) is 17.2. The van der Waals surface area contributed by atoms with E-state index in [4.69, 9.17) is 9.52 Å². The van der Waals surface area contributed by atoms with Crippen molar-refractivity contribution in [1.29, 1.82) is 0 Å². The van der Waals surface area contributed by atoms with Crippen LogP contribution in [-0.4, -0.2) is 11.7 Å². The normalized spacial score (nSPS) is 10.7. The number of fused-ring (bicyclic) bond motifs is 8. The molecule has 0 amide bonds. The quantitative estimate of drug-likeness (QED) is 0.301. The van der Waals surface area contributed by atoms with E-state index in [-0.39, 0.29) is 6.61 Å². The van der Waals surface area contributed by atoms with Crippen molar-refractivity contribution in [2.45, 2.75) is 0 Å². The summed E-state index contributed by atoms with van der Waals surface area (Å²) in [7, 11) is 0. The highest BCUT2D eigenvalue weighted by atomic mass is 16.3. The van der Waals surface area contributed by atoms with Crippen LogP contribution < -0.4 is 0 Å². The molecular weight excluding hydrogens is 308 g/mol. The smallest absolute Gasteiger partial charge is 0.142 e. The predicted molar refractivity (Wildman–Crippen MR) is 105 cm³/mol. The molecule has 0 atom stereocenters. The first-order valence-electron chi connectivity index (χ1n) is 8.09. The van der Waals surface area contributed by atoms with Crippen LogP contribution in [0.25, 0.3) is 43.3 Å². The van der Waals surface area contributed by atoms with Crippen LogP contribution in [-0.2, 0) is 0 Å². The van der Waals surface area contributed by atoms with Gasteiger partial charge in [-0.1, -0.05) is 54.5 Å². The second kappa shape index (κ2) is 6.32. The van der Waals surface area contributed by atoms with Crippen LogP contribution in [0.5, 0.6) is 0 Å². The zero-order valence-electron chi connectivity index (χ0n) is 13.6. The molecule has 2 nitrogen and oxygen atoms in total. The van der Waals surface area contributed by atoms with Gasteiger partial charge in [0.1, 0.15) is 12.2 Å². The Morgan fingerprint density at radius 3 is 2.16 bits per heavy atom. The monoisotopic (exact) mass is 324 g/mol. The van der Waals surface area contributed by atoms with Gasteiger partial charge in [-0.05, 0) is 45.1 Å². The molecule has 0 saturated heterocycles. The lowest BCUT2D eigenvalue weighted by Crippen LogP contribution is -1.79. The Morgan fingerprint density at radius 2 is 1.40 bits per heavy atom. The summed E-state index contributed by atoms with van der Waals surface area (Å²) < 4.78 is 5.83. The molecule has 0 spiro atoms. The van der Waals surface area contributed by atoms with Crippen LogP contribution in [0.3, 0.4) is 0 Å². The highest BCUT2D eigenvalue weighted by Crippen LogP contribution is 2.40. The molecule has 2 heteroatoms. The molecule has 0 fully saturated rings. The van der Waals surface area contributed by atoms with Crippen LogP contribution in [0.15, 0.2) is 77.4 Å². The second-order valence-electron chi connectivity index (χ2n) is 5.78. The zero-order valence-corrected chi connectivity index (χ0v) is 13.6. The molecule has 25 heavy (non-hydrogen) atoms. The van der Waals surface area contributed by atoms with Crippen molar-refractivity contribution < 1.29 is 9.52 Å². The maximum absolute atomic E-state index is 7.64. The van der Waals surface area contributed by atoms with E-state index in [1.807, 2.05) is 12.0 Å². The number of aliphatic hydroxyl groups excluding tert-OH is 1. The van der Waals surface area contributed by atoms with E-state index in [2.05, 4.69) is 67.1 Å². The van der Waals surface area contributed by atoms with Crippen molar-refractivity contribution >= 4 is 43.3 Å². The summed E-state index contributed by atoms with van der Waals surface area (Å²) in [6, 6.07) is 23.5. The van der Waals surface area contributed by atoms with Crippen molar-refractivity contribution in [3.63, 3.8) is 0 Å². The summed E-state index contributed by atoms with van der Waals surface area (Å²) in [4.78, 5) is 0. The lowest BCUT2D eigenvalue weighted by atomic mass is 10.00. The predicted octanol–water partition coefficient (Wildman–Crippen LogP) is 5.50. The Balaban J connectivity index is 0.000000358. The first-order chi connectivity index (χ1) is 12.3. The van der Waals surface area contributed by atoms with Gasteiger partial charge in [-0.25, -0.2) is 0 Å². The van der Waals surface area contributed by atoms with Crippen molar-refractivity contribution in [3.05, 3.63) is 73.0 Å². The molecule has 1 aromatic heterocycles. The fraction of sp³-hybridized carbons (Fsp3) is 0.0435. The maximum Gasteiger partial charge on any atom is 0.142 e. The average Bonchev–Trinajstić information content (AvgIpc) is 3.08. The van der Waals surface area contributed by atoms with E-state index in [0.717, 1.165) is 5.58 Å². The lowest BCUT2D eigenvalue weighted by molar-refractivity contribution is 0.351. The fourth-order valence-electron chi connectivity index (χ4n) is 3.43. The van der Waals surface area contributed by atoms with Crippen LogP contribution in [0, 0.1) is 12.3 Å². The third kappa shape index (κ3) is 2.42. The van der Waals surface area contributed by atoms with Gasteiger partial charge < -0.3 is 9.52 Å². The number of benzene rings is 3. The third-order valence-corrected chi connectivity index (χ3v) is 4.39. The molecule has 0 aliphatic carbocycles. The molecule has 1 heterocycles. The van der Waals surface area contributed by atoms with E-state index in [0.29, 0.717) is 0 Å². The number of terminal acetylenes is 1. The van der Waals surface area contributed by atoms with Gasteiger partial charge in [0, 0.05) is 10.8 Å². The maximum atomic E-state index is 7.64.